The summed E-state index contributed by atoms with van der Waals surface area (Å²) in [6.07, 6.45) is 1.84. The Labute approximate surface area is 379 Å². The van der Waals surface area contributed by atoms with Crippen molar-refractivity contribution in [2.24, 2.45) is 22.4 Å². The maximum absolute atomic E-state index is 15.3. The van der Waals surface area contributed by atoms with E-state index in [1.54, 1.807) is 17.5 Å². The number of benzene rings is 4. The number of alkyl halides is 1. The molecule has 2 N–H and O–H groups in total. The van der Waals surface area contributed by atoms with Crippen LogP contribution in [0.1, 0.15) is 92.7 Å². The number of anilines is 1. The monoisotopic (exact) mass is 886 g/mol. The summed E-state index contributed by atoms with van der Waals surface area (Å²) in [5.74, 6) is -0.904. The third-order valence-corrected chi connectivity index (χ3v) is 13.9. The Balaban J connectivity index is 1.22. The number of hydrogen-bond donors (Lipinski definition) is 2. The predicted octanol–water partition coefficient (Wildman–Crippen LogP) is 9.20. The molecule has 4 fully saturated rings. The zero-order valence-electron chi connectivity index (χ0n) is 37.4. The van der Waals surface area contributed by atoms with Crippen molar-refractivity contribution in [3.8, 4) is 5.75 Å². The van der Waals surface area contributed by atoms with Crippen LogP contribution in [-0.4, -0.2) is 73.3 Å². The molecule has 1 saturated heterocycles. The fourth-order valence-corrected chi connectivity index (χ4v) is 10.6. The molecular weight excluding hydrogens is 830 g/mol. The molecule has 0 radical (unpaired) electrons. The van der Waals surface area contributed by atoms with E-state index in [2.05, 4.69) is 31.4 Å². The molecule has 64 heavy (non-hydrogen) atoms. The first kappa shape index (κ1) is 45.0. The standard InChI is InChI=1S/C50H56BFN4O7S/c1-47(2,3)60-45(58)37-25-17-18-32(43(37)59-7)28-41(51-61-40-30-36-29-39(48(36,4)5)49(40,6)62-51)55-44(57)42(38-31-64-46(54-38)53-27-26-52)56-63-50(33-19-11-8-12-20-33,34-21-13-9-14-22-34)35-23-15-10-16-24-35/h8-25,31,36,39-41H,26-30H2,1-7H3,(H,53,54)(H,55,57)/b56-42-/t36-,39+,40?,41+,49+/m1/s1. The van der Waals surface area contributed by atoms with Gasteiger partial charge in [-0.25, -0.2) is 14.2 Å². The van der Waals surface area contributed by atoms with E-state index < -0.39 is 48.4 Å². The smallest absolute Gasteiger partial charge is 0.482 e. The van der Waals surface area contributed by atoms with Gasteiger partial charge in [-0.15, -0.1) is 11.3 Å². The number of amides is 1. The van der Waals surface area contributed by atoms with Gasteiger partial charge in [0.15, 0.2) is 10.8 Å². The first-order valence-electron chi connectivity index (χ1n) is 21.9. The third-order valence-electron chi connectivity index (χ3n) is 13.1. The molecule has 0 spiro atoms. The van der Waals surface area contributed by atoms with Gasteiger partial charge in [0, 0.05) is 28.6 Å². The van der Waals surface area contributed by atoms with Crippen LogP contribution in [0.25, 0.3) is 0 Å². The van der Waals surface area contributed by atoms with Gasteiger partial charge in [0.1, 0.15) is 29.3 Å². The number of carbonyl (C=O) groups is 2. The molecule has 1 amide bonds. The number of esters is 1. The van der Waals surface area contributed by atoms with Crippen LogP contribution in [0.3, 0.4) is 0 Å². The summed E-state index contributed by atoms with van der Waals surface area (Å²) in [7, 11) is 0.617. The second kappa shape index (κ2) is 18.1. The molecule has 334 valence electrons. The van der Waals surface area contributed by atoms with Crippen molar-refractivity contribution in [1.29, 1.82) is 0 Å². The van der Waals surface area contributed by atoms with Gasteiger partial charge >= 0.3 is 13.1 Å². The highest BCUT2D eigenvalue weighted by Gasteiger charge is 2.68. The van der Waals surface area contributed by atoms with Gasteiger partial charge < -0.3 is 34.3 Å². The Morgan fingerprint density at radius 1 is 0.922 bits per heavy atom. The van der Waals surface area contributed by atoms with Crippen molar-refractivity contribution in [3.63, 3.8) is 0 Å². The van der Waals surface area contributed by atoms with Crippen LogP contribution in [0.2, 0.25) is 0 Å². The van der Waals surface area contributed by atoms with Gasteiger partial charge in [-0.05, 0) is 75.8 Å². The van der Waals surface area contributed by atoms with Crippen LogP contribution < -0.4 is 15.4 Å². The van der Waals surface area contributed by atoms with Crippen LogP contribution in [0.5, 0.6) is 5.75 Å². The van der Waals surface area contributed by atoms with Crippen molar-refractivity contribution in [3.05, 3.63) is 148 Å². The minimum atomic E-state index is -1.31. The number of nitrogens with one attached hydrogen (secondary N) is 2. The van der Waals surface area contributed by atoms with Gasteiger partial charge in [-0.1, -0.05) is 122 Å². The molecule has 5 aromatic rings. The van der Waals surface area contributed by atoms with Crippen LogP contribution in [0, 0.1) is 17.3 Å². The van der Waals surface area contributed by atoms with Gasteiger partial charge in [0.05, 0.1) is 24.8 Å². The van der Waals surface area contributed by atoms with E-state index in [0.717, 1.165) is 29.5 Å². The lowest BCUT2D eigenvalue weighted by molar-refractivity contribution is -0.199. The van der Waals surface area contributed by atoms with Gasteiger partial charge in [0.25, 0.3) is 5.91 Å². The average Bonchev–Trinajstić information content (AvgIpc) is 3.91. The van der Waals surface area contributed by atoms with E-state index in [4.69, 9.17) is 33.8 Å². The molecule has 5 atom stereocenters. The van der Waals surface area contributed by atoms with E-state index in [1.807, 2.05) is 118 Å². The molecule has 1 aromatic heterocycles. The molecule has 4 aromatic carbocycles. The van der Waals surface area contributed by atoms with E-state index in [0.29, 0.717) is 22.4 Å². The van der Waals surface area contributed by atoms with Gasteiger partial charge in [-0.2, -0.15) is 0 Å². The topological polar surface area (TPSA) is 130 Å². The first-order valence-corrected chi connectivity index (χ1v) is 22.8. The molecule has 1 unspecified atom stereocenters. The molecule has 3 saturated carbocycles. The highest BCUT2D eigenvalue weighted by molar-refractivity contribution is 7.14. The zero-order chi connectivity index (χ0) is 45.3. The molecule has 3 aliphatic carbocycles. The molecule has 14 heteroatoms. The first-order chi connectivity index (χ1) is 30.7. The summed E-state index contributed by atoms with van der Waals surface area (Å²) < 4.78 is 38.9. The average molecular weight is 887 g/mol. The molecule has 2 bridgehead atoms. The highest BCUT2D eigenvalue weighted by atomic mass is 32.1. The lowest BCUT2D eigenvalue weighted by Gasteiger charge is -2.64. The minimum Gasteiger partial charge on any atom is -0.496 e. The van der Waals surface area contributed by atoms with E-state index in [-0.39, 0.29) is 47.4 Å². The Bertz CT molecular complexity index is 2370. The number of rotatable bonds is 16. The summed E-state index contributed by atoms with van der Waals surface area (Å²) in [5, 5.41) is 13.1. The number of nitrogens with zero attached hydrogens (tertiary/aromatic N) is 2. The quantitative estimate of drug-likeness (QED) is 0.0328. The van der Waals surface area contributed by atoms with Crippen LogP contribution in [0.15, 0.2) is 120 Å². The zero-order valence-corrected chi connectivity index (χ0v) is 38.2. The fourth-order valence-electron chi connectivity index (χ4n) is 9.85. The van der Waals surface area contributed by atoms with Gasteiger partial charge in [-0.3, -0.25) is 4.79 Å². The van der Waals surface area contributed by atoms with E-state index >= 15 is 4.79 Å². The van der Waals surface area contributed by atoms with Crippen molar-refractivity contribution in [1.82, 2.24) is 10.3 Å². The lowest BCUT2D eigenvalue weighted by atomic mass is 9.43. The predicted molar refractivity (Wildman–Crippen MR) is 247 cm³/mol. The van der Waals surface area contributed by atoms with Crippen LogP contribution >= 0.6 is 11.3 Å². The normalized spacial score (nSPS) is 21.8. The summed E-state index contributed by atoms with van der Waals surface area (Å²) in [6.45, 7) is 11.6. The van der Waals surface area contributed by atoms with Crippen LogP contribution in [0.4, 0.5) is 9.52 Å². The molecule has 2 heterocycles. The number of aromatic nitrogens is 1. The second-order valence-corrected chi connectivity index (χ2v) is 19.4. The Morgan fingerprint density at radius 3 is 2.11 bits per heavy atom. The fraction of sp³-hybridized carbons (Fsp3) is 0.400. The largest absolute Gasteiger partial charge is 0.496 e. The Hall–Kier alpha value is -5.57. The number of carbonyl (C=O) groups excluding carboxylic acids is 2. The highest BCUT2D eigenvalue weighted by Crippen LogP contribution is 2.65. The SMILES string of the molecule is COc1c(C[C@H](NC(=O)/C(=N\OC(c2ccccc2)(c2ccccc2)c2ccccc2)c2csc(NCCF)n2)B2OC3C[C@H]4C[C@@H](C4(C)C)[C@]3(C)O2)cccc1C(=O)OC(C)(C)C. The number of thiazole rings is 1. The van der Waals surface area contributed by atoms with Crippen LogP contribution in [-0.2, 0) is 35.7 Å². The molecular formula is C50H56BFN4O7S. The number of para-hydroxylation sites is 1. The molecule has 9 rings (SSSR count). The lowest BCUT2D eigenvalue weighted by Crippen LogP contribution is -2.65. The molecule has 1 aliphatic heterocycles. The summed E-state index contributed by atoms with van der Waals surface area (Å²) >= 11 is 1.22. The third kappa shape index (κ3) is 8.67. The summed E-state index contributed by atoms with van der Waals surface area (Å²) in [4.78, 5) is 40.3. The van der Waals surface area contributed by atoms with Crippen molar-refractivity contribution < 1.29 is 37.6 Å². The summed E-state index contributed by atoms with van der Waals surface area (Å²) in [5.41, 5.74) is 0.726. The number of halogens is 1. The Morgan fingerprint density at radius 2 is 1.55 bits per heavy atom. The van der Waals surface area contributed by atoms with Crippen molar-refractivity contribution in [2.75, 3.05) is 25.6 Å². The Kier molecular flexibility index (Phi) is 12.8. The molecule has 11 nitrogen and oxygen atoms in total. The maximum atomic E-state index is 15.3. The van der Waals surface area contributed by atoms with Gasteiger partial charge in [0.2, 0.25) is 5.60 Å². The number of hydrogen-bond acceptors (Lipinski definition) is 11. The second-order valence-electron chi connectivity index (χ2n) is 18.6. The van der Waals surface area contributed by atoms with Crippen molar-refractivity contribution >= 4 is 41.2 Å². The minimum absolute atomic E-state index is 0.0441. The van der Waals surface area contributed by atoms with Crippen molar-refractivity contribution in [2.45, 2.75) is 89.7 Å². The number of ether oxygens (including phenoxy) is 2. The number of oxime groups is 1. The summed E-state index contributed by atoms with van der Waals surface area (Å²) in [6, 6.07) is 34.5. The van der Waals surface area contributed by atoms with E-state index in [9.17, 15) is 9.18 Å². The maximum Gasteiger partial charge on any atom is 0.482 e. The molecule has 4 aliphatic rings. The van der Waals surface area contributed by atoms with E-state index in [1.165, 1.54) is 18.4 Å². The number of methoxy groups -OCH3 is 1.